The van der Waals surface area contributed by atoms with Crippen LogP contribution in [0.4, 0.5) is 10.3 Å². The minimum absolute atomic E-state index is 0.0988. The van der Waals surface area contributed by atoms with Crippen molar-refractivity contribution in [1.82, 2.24) is 14.6 Å². The highest BCUT2D eigenvalue weighted by molar-refractivity contribution is 5.90. The Bertz CT molecular complexity index is 977. The van der Waals surface area contributed by atoms with Crippen molar-refractivity contribution in [3.05, 3.63) is 42.3 Å². The molecule has 2 heterocycles. The second-order valence-corrected chi connectivity index (χ2v) is 5.11. The van der Waals surface area contributed by atoms with Gasteiger partial charge in [0.2, 0.25) is 11.9 Å². The van der Waals surface area contributed by atoms with Crippen molar-refractivity contribution in [2.75, 3.05) is 11.9 Å². The van der Waals surface area contributed by atoms with Gasteiger partial charge in [0.15, 0.2) is 5.65 Å². The normalized spacial score (nSPS) is 10.4. The molecular formula is C17H14FN5O2. The molecule has 126 valence electrons. The summed E-state index contributed by atoms with van der Waals surface area (Å²) in [5.41, 5.74) is 1.79. The van der Waals surface area contributed by atoms with E-state index in [4.69, 9.17) is 10.00 Å². The number of halogens is 1. The molecule has 0 bridgehead atoms. The summed E-state index contributed by atoms with van der Waals surface area (Å²) in [5, 5.41) is 15.1. The van der Waals surface area contributed by atoms with Crippen LogP contribution in [0.25, 0.3) is 16.8 Å². The predicted molar refractivity (Wildman–Crippen MR) is 88.4 cm³/mol. The topological polar surface area (TPSA) is 92.3 Å². The Kier molecular flexibility index (Phi) is 4.57. The van der Waals surface area contributed by atoms with Crippen LogP contribution in [-0.4, -0.2) is 27.1 Å². The van der Waals surface area contributed by atoms with Crippen LogP contribution in [0.2, 0.25) is 0 Å². The van der Waals surface area contributed by atoms with E-state index in [9.17, 15) is 9.18 Å². The van der Waals surface area contributed by atoms with E-state index < -0.39 is 5.91 Å². The molecule has 0 aliphatic carbocycles. The highest BCUT2D eigenvalue weighted by Gasteiger charge is 2.12. The summed E-state index contributed by atoms with van der Waals surface area (Å²) in [6.07, 6.45) is 1.39. The van der Waals surface area contributed by atoms with Crippen molar-refractivity contribution in [2.24, 2.45) is 0 Å². The minimum Gasteiger partial charge on any atom is -0.493 e. The van der Waals surface area contributed by atoms with Gasteiger partial charge < -0.3 is 4.74 Å². The third kappa shape index (κ3) is 3.55. The summed E-state index contributed by atoms with van der Waals surface area (Å²) in [6.45, 7) is 2.31. The Hall–Kier alpha value is -3.47. The standard InChI is InChI=1S/C17H14FN5O2/c1-2-25-14-5-4-12(18)9-13(14)11-3-6-15-20-17(22-23(15)10-11)21-16(24)7-8-19/h3-6,9-10H,2,7H2,1H3,(H,21,22,24). The maximum Gasteiger partial charge on any atom is 0.249 e. The molecular weight excluding hydrogens is 325 g/mol. The van der Waals surface area contributed by atoms with Crippen molar-refractivity contribution in [2.45, 2.75) is 13.3 Å². The molecule has 3 aromatic rings. The molecule has 0 spiro atoms. The van der Waals surface area contributed by atoms with Gasteiger partial charge in [0.1, 0.15) is 18.0 Å². The molecule has 25 heavy (non-hydrogen) atoms. The van der Waals surface area contributed by atoms with Crippen LogP contribution in [0.15, 0.2) is 36.5 Å². The van der Waals surface area contributed by atoms with Crippen molar-refractivity contribution >= 4 is 17.5 Å². The number of amides is 1. The lowest BCUT2D eigenvalue weighted by atomic mass is 10.1. The average Bonchev–Trinajstić information content (AvgIpc) is 2.98. The molecule has 0 aliphatic rings. The number of rotatable bonds is 5. The van der Waals surface area contributed by atoms with Crippen molar-refractivity contribution in [3.8, 4) is 22.9 Å². The Balaban J connectivity index is 1.98. The first-order valence-electron chi connectivity index (χ1n) is 7.56. The van der Waals surface area contributed by atoms with E-state index in [0.717, 1.165) is 0 Å². The number of ether oxygens (including phenoxy) is 1. The lowest BCUT2D eigenvalue weighted by Crippen LogP contribution is -2.11. The predicted octanol–water partition coefficient (Wildman–Crippen LogP) is 2.79. The van der Waals surface area contributed by atoms with Crippen LogP contribution >= 0.6 is 0 Å². The molecule has 2 aromatic heterocycles. The third-order valence-electron chi connectivity index (χ3n) is 3.37. The van der Waals surface area contributed by atoms with E-state index in [1.807, 2.05) is 6.92 Å². The monoisotopic (exact) mass is 339 g/mol. The quantitative estimate of drug-likeness (QED) is 0.771. The van der Waals surface area contributed by atoms with Crippen LogP contribution in [0.5, 0.6) is 5.75 Å². The smallest absolute Gasteiger partial charge is 0.249 e. The van der Waals surface area contributed by atoms with Gasteiger partial charge in [0, 0.05) is 17.3 Å². The van der Waals surface area contributed by atoms with Gasteiger partial charge in [0.05, 0.1) is 12.7 Å². The second-order valence-electron chi connectivity index (χ2n) is 5.11. The van der Waals surface area contributed by atoms with Crippen molar-refractivity contribution in [3.63, 3.8) is 0 Å². The number of fused-ring (bicyclic) bond motifs is 1. The molecule has 0 saturated heterocycles. The van der Waals surface area contributed by atoms with Crippen LogP contribution in [0.3, 0.4) is 0 Å². The lowest BCUT2D eigenvalue weighted by molar-refractivity contribution is -0.115. The molecule has 8 heteroatoms. The summed E-state index contributed by atoms with van der Waals surface area (Å²) in [6, 6.07) is 9.52. The first-order chi connectivity index (χ1) is 12.1. The number of hydrogen-bond donors (Lipinski definition) is 1. The molecule has 1 amide bonds. The van der Waals surface area contributed by atoms with E-state index in [0.29, 0.717) is 29.1 Å². The summed E-state index contributed by atoms with van der Waals surface area (Å²) >= 11 is 0. The highest BCUT2D eigenvalue weighted by Crippen LogP contribution is 2.31. The Morgan fingerprint density at radius 2 is 2.24 bits per heavy atom. The zero-order chi connectivity index (χ0) is 17.8. The molecule has 1 N–H and O–H groups in total. The van der Waals surface area contributed by atoms with Gasteiger partial charge in [-0.3, -0.25) is 10.1 Å². The van der Waals surface area contributed by atoms with Gasteiger partial charge in [-0.25, -0.2) is 8.91 Å². The van der Waals surface area contributed by atoms with Gasteiger partial charge in [0.25, 0.3) is 0 Å². The van der Waals surface area contributed by atoms with E-state index in [-0.39, 0.29) is 18.2 Å². The lowest BCUT2D eigenvalue weighted by Gasteiger charge is -2.10. The number of benzene rings is 1. The maximum atomic E-state index is 13.6. The summed E-state index contributed by atoms with van der Waals surface area (Å²) in [7, 11) is 0. The molecule has 0 unspecified atom stereocenters. The van der Waals surface area contributed by atoms with Gasteiger partial charge in [-0.1, -0.05) is 0 Å². The molecule has 0 fully saturated rings. The fraction of sp³-hybridized carbons (Fsp3) is 0.176. The van der Waals surface area contributed by atoms with Crippen LogP contribution in [-0.2, 0) is 4.79 Å². The van der Waals surface area contributed by atoms with Crippen LogP contribution < -0.4 is 10.1 Å². The fourth-order valence-corrected chi connectivity index (χ4v) is 2.35. The Morgan fingerprint density at radius 1 is 1.40 bits per heavy atom. The number of nitrogens with zero attached hydrogens (tertiary/aromatic N) is 4. The zero-order valence-corrected chi connectivity index (χ0v) is 13.4. The largest absolute Gasteiger partial charge is 0.493 e. The molecule has 7 nitrogen and oxygen atoms in total. The highest BCUT2D eigenvalue weighted by atomic mass is 19.1. The molecule has 0 aliphatic heterocycles. The molecule has 0 radical (unpaired) electrons. The number of aromatic nitrogens is 3. The third-order valence-corrected chi connectivity index (χ3v) is 3.37. The van der Waals surface area contributed by atoms with E-state index in [1.165, 1.54) is 16.6 Å². The first kappa shape index (κ1) is 16.4. The zero-order valence-electron chi connectivity index (χ0n) is 13.4. The fourth-order valence-electron chi connectivity index (χ4n) is 2.35. The van der Waals surface area contributed by atoms with E-state index in [1.54, 1.807) is 30.5 Å². The molecule has 0 atom stereocenters. The van der Waals surface area contributed by atoms with Crippen LogP contribution in [0.1, 0.15) is 13.3 Å². The number of hydrogen-bond acceptors (Lipinski definition) is 5. The average molecular weight is 339 g/mol. The first-order valence-corrected chi connectivity index (χ1v) is 7.56. The Labute approximate surface area is 142 Å². The van der Waals surface area contributed by atoms with Gasteiger partial charge in [-0.15, -0.1) is 5.10 Å². The number of anilines is 1. The van der Waals surface area contributed by atoms with Gasteiger partial charge in [-0.2, -0.15) is 10.2 Å². The van der Waals surface area contributed by atoms with Crippen molar-refractivity contribution < 1.29 is 13.9 Å². The van der Waals surface area contributed by atoms with Crippen molar-refractivity contribution in [1.29, 1.82) is 5.26 Å². The number of nitriles is 1. The number of carbonyl (C=O) groups excluding carboxylic acids is 1. The summed E-state index contributed by atoms with van der Waals surface area (Å²) in [4.78, 5) is 15.6. The number of nitrogens with one attached hydrogen (secondary N) is 1. The van der Waals surface area contributed by atoms with E-state index in [2.05, 4.69) is 15.4 Å². The van der Waals surface area contributed by atoms with Gasteiger partial charge >= 0.3 is 0 Å². The van der Waals surface area contributed by atoms with Crippen LogP contribution in [0, 0.1) is 17.1 Å². The maximum absolute atomic E-state index is 13.6. The molecule has 0 saturated carbocycles. The Morgan fingerprint density at radius 3 is 3.00 bits per heavy atom. The van der Waals surface area contributed by atoms with E-state index >= 15 is 0 Å². The summed E-state index contributed by atoms with van der Waals surface area (Å²) in [5.74, 6) is -0.198. The summed E-state index contributed by atoms with van der Waals surface area (Å²) < 4.78 is 20.7. The SMILES string of the molecule is CCOc1ccc(F)cc1-c1ccc2nc(NC(=O)CC#N)nn2c1. The number of carbonyl (C=O) groups is 1. The molecule has 3 rings (SSSR count). The minimum atomic E-state index is -0.484. The second kappa shape index (κ2) is 6.97. The number of pyridine rings is 1. The van der Waals surface area contributed by atoms with Gasteiger partial charge in [-0.05, 0) is 37.3 Å². The molecule has 1 aromatic carbocycles.